The van der Waals surface area contributed by atoms with Gasteiger partial charge in [0.15, 0.2) is 0 Å². The summed E-state index contributed by atoms with van der Waals surface area (Å²) in [6.45, 7) is 3.86. The van der Waals surface area contributed by atoms with Crippen molar-refractivity contribution in [1.82, 2.24) is 5.32 Å². The highest BCUT2D eigenvalue weighted by Gasteiger charge is 2.28. The Balaban J connectivity index is 1.49. The summed E-state index contributed by atoms with van der Waals surface area (Å²) in [5.74, 6) is 0.231. The summed E-state index contributed by atoms with van der Waals surface area (Å²) in [5, 5.41) is 3.25. The number of rotatable bonds is 10. The fourth-order valence-electron chi connectivity index (χ4n) is 3.88. The minimum Gasteiger partial charge on any atom is -0.489 e. The van der Waals surface area contributed by atoms with Crippen LogP contribution in [0.5, 0.6) is 5.75 Å². The van der Waals surface area contributed by atoms with E-state index in [0.717, 1.165) is 21.0 Å². The summed E-state index contributed by atoms with van der Waals surface area (Å²) >= 11 is 6.30. The SMILES string of the molecule is Cc1ccc(S(=O)(=O)N(CC(=O)NCc2cccc(OCc3ccccc3)c2)c2cccc(Cl)c2C)cc1. The lowest BCUT2D eigenvalue weighted by molar-refractivity contribution is -0.119. The van der Waals surface area contributed by atoms with Gasteiger partial charge in [0.25, 0.3) is 10.0 Å². The van der Waals surface area contributed by atoms with Gasteiger partial charge < -0.3 is 10.1 Å². The lowest BCUT2D eigenvalue weighted by Crippen LogP contribution is -2.41. The molecule has 8 heteroatoms. The first-order valence-corrected chi connectivity index (χ1v) is 13.9. The van der Waals surface area contributed by atoms with E-state index in [4.69, 9.17) is 16.3 Å². The number of sulfonamides is 1. The van der Waals surface area contributed by atoms with Crippen LogP contribution in [0.15, 0.2) is 102 Å². The molecule has 0 radical (unpaired) electrons. The van der Waals surface area contributed by atoms with Gasteiger partial charge in [0.2, 0.25) is 5.91 Å². The van der Waals surface area contributed by atoms with Crippen LogP contribution in [0, 0.1) is 13.8 Å². The van der Waals surface area contributed by atoms with Crippen molar-refractivity contribution in [2.45, 2.75) is 31.9 Å². The zero-order valence-electron chi connectivity index (χ0n) is 21.2. The summed E-state index contributed by atoms with van der Waals surface area (Å²) in [4.78, 5) is 13.1. The third kappa shape index (κ3) is 6.73. The Hall–Kier alpha value is -3.81. The van der Waals surface area contributed by atoms with Crippen LogP contribution < -0.4 is 14.4 Å². The highest BCUT2D eigenvalue weighted by atomic mass is 35.5. The minimum absolute atomic E-state index is 0.0959. The molecule has 0 heterocycles. The van der Waals surface area contributed by atoms with Gasteiger partial charge in [-0.05, 0) is 66.9 Å². The number of carbonyl (C=O) groups is 1. The van der Waals surface area contributed by atoms with Crippen LogP contribution in [0.1, 0.15) is 22.3 Å². The lowest BCUT2D eigenvalue weighted by atomic mass is 10.2. The third-order valence-corrected chi connectivity index (χ3v) is 8.22. The molecule has 0 atom stereocenters. The molecule has 4 rings (SSSR count). The second-order valence-electron chi connectivity index (χ2n) is 8.91. The smallest absolute Gasteiger partial charge is 0.264 e. The van der Waals surface area contributed by atoms with Crippen LogP contribution in [0.3, 0.4) is 0 Å². The van der Waals surface area contributed by atoms with Crippen LogP contribution in [-0.4, -0.2) is 20.9 Å². The number of nitrogens with zero attached hydrogens (tertiary/aromatic N) is 1. The standard InChI is InChI=1S/C30H29ClN2O4S/c1-22-14-16-27(17-15-22)38(35,36)33(29-13-7-12-28(31)23(29)2)20-30(34)32-19-25-10-6-11-26(18-25)37-21-24-8-4-3-5-9-24/h3-18H,19-21H2,1-2H3,(H,32,34). The molecule has 1 amide bonds. The van der Waals surface area contributed by atoms with E-state index in [2.05, 4.69) is 5.32 Å². The van der Waals surface area contributed by atoms with Gasteiger partial charge in [0.05, 0.1) is 10.6 Å². The van der Waals surface area contributed by atoms with E-state index in [1.807, 2.05) is 61.5 Å². The van der Waals surface area contributed by atoms with Gasteiger partial charge in [-0.3, -0.25) is 9.10 Å². The van der Waals surface area contributed by atoms with E-state index in [0.29, 0.717) is 28.6 Å². The van der Waals surface area contributed by atoms with Gasteiger partial charge in [0.1, 0.15) is 18.9 Å². The third-order valence-electron chi connectivity index (χ3n) is 6.04. The van der Waals surface area contributed by atoms with E-state index in [1.54, 1.807) is 37.3 Å². The molecule has 0 unspecified atom stereocenters. The van der Waals surface area contributed by atoms with E-state index in [9.17, 15) is 13.2 Å². The van der Waals surface area contributed by atoms with Gasteiger partial charge in [0, 0.05) is 11.6 Å². The van der Waals surface area contributed by atoms with Gasteiger partial charge in [-0.1, -0.05) is 77.8 Å². The number of carbonyl (C=O) groups excluding carboxylic acids is 1. The maximum Gasteiger partial charge on any atom is 0.264 e. The normalized spacial score (nSPS) is 11.1. The second kappa shape index (κ2) is 12.2. The Labute approximate surface area is 228 Å². The van der Waals surface area contributed by atoms with Crippen molar-refractivity contribution in [2.75, 3.05) is 10.8 Å². The molecule has 38 heavy (non-hydrogen) atoms. The molecule has 6 nitrogen and oxygen atoms in total. The molecule has 0 bridgehead atoms. The van der Waals surface area contributed by atoms with Crippen molar-refractivity contribution in [3.63, 3.8) is 0 Å². The van der Waals surface area contributed by atoms with Gasteiger partial charge in [-0.2, -0.15) is 0 Å². The molecule has 0 saturated heterocycles. The zero-order chi connectivity index (χ0) is 27.1. The number of nitrogens with one attached hydrogen (secondary N) is 1. The molecule has 0 fully saturated rings. The number of halogens is 1. The molecule has 196 valence electrons. The Morgan fingerprint density at radius 2 is 1.55 bits per heavy atom. The quantitative estimate of drug-likeness (QED) is 0.262. The number of hydrogen-bond acceptors (Lipinski definition) is 4. The van der Waals surface area contributed by atoms with Crippen LogP contribution in [0.2, 0.25) is 5.02 Å². The number of benzene rings is 4. The highest BCUT2D eigenvalue weighted by Crippen LogP contribution is 2.31. The Bertz CT molecular complexity index is 1510. The number of anilines is 1. The molecule has 0 aliphatic rings. The highest BCUT2D eigenvalue weighted by molar-refractivity contribution is 7.92. The maximum atomic E-state index is 13.6. The second-order valence-corrected chi connectivity index (χ2v) is 11.2. The molecular weight excluding hydrogens is 520 g/mol. The van der Waals surface area contributed by atoms with Crippen molar-refractivity contribution >= 4 is 33.2 Å². The average molecular weight is 549 g/mol. The predicted molar refractivity (Wildman–Crippen MR) is 151 cm³/mol. The summed E-state index contributed by atoms with van der Waals surface area (Å²) < 4.78 is 34.3. The molecule has 0 spiro atoms. The molecule has 0 aromatic heterocycles. The van der Waals surface area contributed by atoms with Crippen LogP contribution in [0.25, 0.3) is 0 Å². The van der Waals surface area contributed by atoms with Crippen LogP contribution in [-0.2, 0) is 28.0 Å². The van der Waals surface area contributed by atoms with Gasteiger partial charge in [-0.15, -0.1) is 0 Å². The summed E-state index contributed by atoms with van der Waals surface area (Å²) in [5.41, 5.74) is 3.74. The molecule has 0 aliphatic carbocycles. The van der Waals surface area contributed by atoms with Crippen LogP contribution >= 0.6 is 11.6 Å². The van der Waals surface area contributed by atoms with E-state index >= 15 is 0 Å². The number of aryl methyl sites for hydroxylation is 1. The minimum atomic E-state index is -4.03. The van der Waals surface area contributed by atoms with Crippen LogP contribution in [0.4, 0.5) is 5.69 Å². The van der Waals surface area contributed by atoms with Crippen molar-refractivity contribution in [1.29, 1.82) is 0 Å². The largest absolute Gasteiger partial charge is 0.489 e. The Morgan fingerprint density at radius 1 is 0.868 bits per heavy atom. The molecular formula is C30H29ClN2O4S. The molecule has 1 N–H and O–H groups in total. The fraction of sp³-hybridized carbons (Fsp3) is 0.167. The summed E-state index contributed by atoms with van der Waals surface area (Å²) in [6.07, 6.45) is 0. The van der Waals surface area contributed by atoms with E-state index in [1.165, 1.54) is 12.1 Å². The predicted octanol–water partition coefficient (Wildman–Crippen LogP) is 6.05. The first-order chi connectivity index (χ1) is 18.2. The van der Waals surface area contributed by atoms with E-state index < -0.39 is 22.5 Å². The van der Waals surface area contributed by atoms with Crippen molar-refractivity contribution in [3.8, 4) is 5.75 Å². The summed E-state index contributed by atoms with van der Waals surface area (Å²) in [7, 11) is -4.03. The van der Waals surface area contributed by atoms with Crippen molar-refractivity contribution < 1.29 is 17.9 Å². The van der Waals surface area contributed by atoms with Gasteiger partial charge in [-0.25, -0.2) is 8.42 Å². The topological polar surface area (TPSA) is 75.7 Å². The number of ether oxygens (including phenoxy) is 1. The first kappa shape index (κ1) is 27.2. The summed E-state index contributed by atoms with van der Waals surface area (Å²) in [6, 6.07) is 28.8. The van der Waals surface area contributed by atoms with Crippen molar-refractivity contribution in [2.24, 2.45) is 0 Å². The first-order valence-electron chi connectivity index (χ1n) is 12.1. The Kier molecular flexibility index (Phi) is 8.71. The monoisotopic (exact) mass is 548 g/mol. The van der Waals surface area contributed by atoms with E-state index in [-0.39, 0.29) is 11.4 Å². The zero-order valence-corrected chi connectivity index (χ0v) is 22.8. The maximum absolute atomic E-state index is 13.6. The number of hydrogen-bond donors (Lipinski definition) is 1. The average Bonchev–Trinajstić information content (AvgIpc) is 2.92. The number of amides is 1. The van der Waals surface area contributed by atoms with Gasteiger partial charge >= 0.3 is 0 Å². The molecule has 0 aliphatic heterocycles. The van der Waals surface area contributed by atoms with Crippen molar-refractivity contribution in [3.05, 3.63) is 124 Å². The molecule has 4 aromatic carbocycles. The lowest BCUT2D eigenvalue weighted by Gasteiger charge is -2.26. The fourth-order valence-corrected chi connectivity index (χ4v) is 5.52. The molecule has 0 saturated carbocycles. The Morgan fingerprint density at radius 3 is 2.29 bits per heavy atom. The molecule has 4 aromatic rings.